The molecule has 0 spiro atoms. The third-order valence-corrected chi connectivity index (χ3v) is 6.11. The van der Waals surface area contributed by atoms with Crippen LogP contribution in [-0.2, 0) is 5.51 Å². The first-order valence-corrected chi connectivity index (χ1v) is 8.79. The second-order valence-electron chi connectivity index (χ2n) is 5.67. The van der Waals surface area contributed by atoms with E-state index in [2.05, 4.69) is 0 Å². The number of thiophene rings is 1. The zero-order valence-electron chi connectivity index (χ0n) is 12.6. The fraction of sp³-hybridized carbons (Fsp3) is 0.467. The van der Waals surface area contributed by atoms with Gasteiger partial charge in [-0.05, 0) is 25.0 Å². The number of hydrogen-bond acceptors (Lipinski definition) is 0. The lowest BCUT2D eigenvalue weighted by Gasteiger charge is -2.18. The van der Waals surface area contributed by atoms with Crippen LogP contribution in [0.25, 0.3) is 10.1 Å². The van der Waals surface area contributed by atoms with E-state index in [0.29, 0.717) is 9.58 Å². The van der Waals surface area contributed by atoms with Crippen LogP contribution in [0.1, 0.15) is 42.9 Å². The Hall–Kier alpha value is -1.25. The molecule has 1 saturated carbocycles. The molecule has 1 aliphatic rings. The molecule has 3 rings (SSSR count). The molecule has 1 fully saturated rings. The Bertz CT molecular complexity index is 662. The molecule has 0 aliphatic heterocycles. The largest absolute Gasteiger partial charge is 0.673 e. The van der Waals surface area contributed by atoms with E-state index in [-0.39, 0.29) is 5.92 Å². The lowest BCUT2D eigenvalue weighted by atomic mass is 9.88. The lowest BCUT2D eigenvalue weighted by Crippen LogP contribution is -2.06. The summed E-state index contributed by atoms with van der Waals surface area (Å²) in [5, 5.41) is 0.767. The molecule has 1 aromatic carbocycles. The number of fused-ring (bicyclic) bond motifs is 1. The van der Waals surface area contributed by atoms with E-state index < -0.39 is 23.2 Å². The van der Waals surface area contributed by atoms with Crippen molar-refractivity contribution in [1.82, 2.24) is 0 Å². The summed E-state index contributed by atoms with van der Waals surface area (Å²) >= 11 is 0. The topological polar surface area (TPSA) is 0 Å². The molecule has 0 radical (unpaired) electrons. The highest BCUT2D eigenvalue weighted by molar-refractivity contribution is 7.38. The monoisotopic (exact) mass is 372 g/mol. The van der Waals surface area contributed by atoms with Crippen molar-refractivity contribution in [1.29, 1.82) is 0 Å². The molecule has 24 heavy (non-hydrogen) atoms. The standard InChI is InChI=1S/C15H16F3S.BF4/c16-15(17,18)19-13-9-5-4-8-12(13)10-14(19)11-6-2-1-3-7-11;2-1(3,4)5/h4-5,8-11H,1-3,6-7H2;/q+1;-1. The molecule has 0 amide bonds. The van der Waals surface area contributed by atoms with Gasteiger partial charge in [-0.2, -0.15) is 0 Å². The Kier molecular flexibility index (Phi) is 5.83. The van der Waals surface area contributed by atoms with Crippen LogP contribution in [0.5, 0.6) is 0 Å². The van der Waals surface area contributed by atoms with Crippen LogP contribution in [-0.4, -0.2) is 7.25 Å². The van der Waals surface area contributed by atoms with Gasteiger partial charge in [-0.1, -0.05) is 31.4 Å². The van der Waals surface area contributed by atoms with Crippen LogP contribution in [0.2, 0.25) is 0 Å². The third-order valence-electron chi connectivity index (χ3n) is 3.91. The minimum atomic E-state index is -6.00. The number of alkyl halides is 3. The highest BCUT2D eigenvalue weighted by Gasteiger charge is 2.49. The summed E-state index contributed by atoms with van der Waals surface area (Å²) < 4.78 is 79.7. The summed E-state index contributed by atoms with van der Waals surface area (Å²) in [5.74, 6) is 0.131. The first-order chi connectivity index (χ1) is 11.1. The van der Waals surface area contributed by atoms with Gasteiger partial charge in [0.1, 0.15) is 0 Å². The molecular weight excluding hydrogens is 356 g/mol. The fourth-order valence-corrected chi connectivity index (χ4v) is 5.22. The van der Waals surface area contributed by atoms with E-state index in [1.807, 2.05) is 12.1 Å². The maximum absolute atomic E-state index is 13.4. The van der Waals surface area contributed by atoms with Gasteiger partial charge >= 0.3 is 12.8 Å². The smallest absolute Gasteiger partial charge is 0.418 e. The van der Waals surface area contributed by atoms with Gasteiger partial charge in [-0.25, -0.2) is 0 Å². The van der Waals surface area contributed by atoms with Crippen molar-refractivity contribution in [3.63, 3.8) is 0 Å². The zero-order chi connectivity index (χ0) is 18.0. The van der Waals surface area contributed by atoms with E-state index in [9.17, 15) is 30.4 Å². The Morgan fingerprint density at radius 2 is 1.46 bits per heavy atom. The second kappa shape index (κ2) is 7.33. The fourth-order valence-electron chi connectivity index (χ4n) is 3.05. The molecule has 1 aliphatic carbocycles. The maximum Gasteiger partial charge on any atom is 0.673 e. The third kappa shape index (κ3) is 5.12. The predicted octanol–water partition coefficient (Wildman–Crippen LogP) is 7.41. The molecule has 9 heteroatoms. The van der Waals surface area contributed by atoms with Gasteiger partial charge < -0.3 is 17.3 Å². The average molecular weight is 372 g/mol. The van der Waals surface area contributed by atoms with Crippen LogP contribution >= 0.6 is 10.5 Å². The molecule has 2 aromatic rings. The summed E-state index contributed by atoms with van der Waals surface area (Å²) in [6, 6.07) is 8.77. The van der Waals surface area contributed by atoms with Crippen LogP contribution in [0.3, 0.4) is 0 Å². The van der Waals surface area contributed by atoms with E-state index in [1.54, 1.807) is 18.2 Å². The Labute approximate surface area is 137 Å². The van der Waals surface area contributed by atoms with Crippen molar-refractivity contribution >= 4 is 27.8 Å². The number of hydrogen-bond donors (Lipinski definition) is 0. The zero-order valence-corrected chi connectivity index (χ0v) is 13.4. The molecule has 1 unspecified atom stereocenters. The number of halogens is 7. The summed E-state index contributed by atoms with van der Waals surface area (Å²) in [7, 11) is -7.69. The van der Waals surface area contributed by atoms with Crippen molar-refractivity contribution in [2.45, 2.75) is 43.5 Å². The van der Waals surface area contributed by atoms with Crippen LogP contribution < -0.4 is 0 Å². The molecule has 1 aromatic heterocycles. The molecule has 134 valence electrons. The van der Waals surface area contributed by atoms with Crippen molar-refractivity contribution in [2.24, 2.45) is 0 Å². The number of benzene rings is 1. The minimum absolute atomic E-state index is 0.131. The molecule has 0 bridgehead atoms. The van der Waals surface area contributed by atoms with Crippen molar-refractivity contribution in [2.75, 3.05) is 0 Å². The molecule has 0 N–H and O–H groups in total. The lowest BCUT2D eigenvalue weighted by molar-refractivity contribution is -0.0868. The van der Waals surface area contributed by atoms with E-state index in [0.717, 1.165) is 37.5 Å². The minimum Gasteiger partial charge on any atom is -0.418 e. The normalized spacial score (nSPS) is 17.5. The molecule has 1 heterocycles. The second-order valence-corrected chi connectivity index (χ2v) is 7.65. The highest BCUT2D eigenvalue weighted by atomic mass is 32.2. The van der Waals surface area contributed by atoms with E-state index in [1.165, 1.54) is 0 Å². The van der Waals surface area contributed by atoms with Crippen molar-refractivity contribution < 1.29 is 30.4 Å². The van der Waals surface area contributed by atoms with Gasteiger partial charge in [0.15, 0.2) is 9.58 Å². The SMILES string of the molecule is FC(F)(F)[s+]1c(C2CCCCC2)cc2ccccc21.F[B-](F)(F)F. The van der Waals surface area contributed by atoms with Crippen molar-refractivity contribution in [3.8, 4) is 0 Å². The van der Waals surface area contributed by atoms with Gasteiger partial charge in [0, 0.05) is 17.4 Å². The summed E-state index contributed by atoms with van der Waals surface area (Å²) in [5.41, 5.74) is -4.14. The summed E-state index contributed by atoms with van der Waals surface area (Å²) in [6.07, 6.45) is 5.12. The molecular formula is C15H16BF7S. The van der Waals surface area contributed by atoms with Gasteiger partial charge in [0.2, 0.25) is 0 Å². The van der Waals surface area contributed by atoms with Crippen molar-refractivity contribution in [3.05, 3.63) is 35.2 Å². The Morgan fingerprint density at radius 3 is 2.00 bits per heavy atom. The summed E-state index contributed by atoms with van der Waals surface area (Å²) in [4.78, 5) is 0.633. The molecule has 0 saturated heterocycles. The molecule has 1 atom stereocenters. The quantitative estimate of drug-likeness (QED) is 0.278. The Balaban J connectivity index is 0.000000368. The number of rotatable bonds is 1. The van der Waals surface area contributed by atoms with Gasteiger partial charge in [0.25, 0.3) is 0 Å². The van der Waals surface area contributed by atoms with Gasteiger partial charge in [-0.15, -0.1) is 13.2 Å². The average Bonchev–Trinajstić information content (AvgIpc) is 2.86. The Morgan fingerprint density at radius 1 is 0.917 bits per heavy atom. The highest BCUT2D eigenvalue weighted by Crippen LogP contribution is 2.54. The van der Waals surface area contributed by atoms with E-state index in [4.69, 9.17) is 0 Å². The van der Waals surface area contributed by atoms with Crippen LogP contribution in [0, 0.1) is 0 Å². The van der Waals surface area contributed by atoms with Gasteiger partial charge in [0.05, 0.1) is 10.5 Å². The maximum atomic E-state index is 13.4. The summed E-state index contributed by atoms with van der Waals surface area (Å²) in [6.45, 7) is 0. The van der Waals surface area contributed by atoms with E-state index >= 15 is 0 Å². The van der Waals surface area contributed by atoms with Crippen LogP contribution in [0.15, 0.2) is 30.3 Å². The molecule has 0 nitrogen and oxygen atoms in total. The first kappa shape index (κ1) is 19.1. The first-order valence-electron chi connectivity index (χ1n) is 7.56. The van der Waals surface area contributed by atoms with Crippen LogP contribution in [0.4, 0.5) is 30.4 Å². The predicted molar refractivity (Wildman–Crippen MR) is 83.7 cm³/mol. The van der Waals surface area contributed by atoms with Gasteiger partial charge in [-0.3, -0.25) is 0 Å².